The lowest BCUT2D eigenvalue weighted by atomic mass is 9.96. The first-order valence-corrected chi connectivity index (χ1v) is 11.7. The largest absolute Gasteiger partial charge is 0.504 e. The number of ketones is 1. The van der Waals surface area contributed by atoms with Gasteiger partial charge in [-0.2, -0.15) is 0 Å². The molecule has 1 saturated heterocycles. The van der Waals surface area contributed by atoms with Gasteiger partial charge >= 0.3 is 0 Å². The lowest BCUT2D eigenvalue weighted by Crippen LogP contribution is -2.60. The Hall–Kier alpha value is -3.23. The van der Waals surface area contributed by atoms with E-state index in [0.29, 0.717) is 5.56 Å². The molecule has 0 amide bonds. The van der Waals surface area contributed by atoms with Gasteiger partial charge in [-0.15, -0.1) is 0 Å². The number of Topliss-reactive ketones (excluding diaryl/α,β-unsaturated/α-hetero) is 1. The highest BCUT2D eigenvalue weighted by Crippen LogP contribution is 2.40. The maximum absolute atomic E-state index is 13.0. The minimum absolute atomic E-state index is 0.0537. The molecule has 1 heterocycles. The van der Waals surface area contributed by atoms with Crippen LogP contribution in [0.2, 0.25) is 0 Å². The maximum Gasteiger partial charge on any atom is 0.229 e. The minimum atomic E-state index is -1.73. The second kappa shape index (κ2) is 13.0. The molecule has 0 aliphatic carbocycles. The van der Waals surface area contributed by atoms with Crippen LogP contribution in [-0.2, 0) is 4.74 Å². The molecule has 208 valence electrons. The lowest BCUT2D eigenvalue weighted by Gasteiger charge is -2.40. The van der Waals surface area contributed by atoms with E-state index in [1.54, 1.807) is 6.08 Å². The van der Waals surface area contributed by atoms with Crippen molar-refractivity contribution in [1.82, 2.24) is 0 Å². The summed E-state index contributed by atoms with van der Waals surface area (Å²) in [5.74, 6) is -0.635. The molecule has 1 aliphatic heterocycles. The Balaban J connectivity index is 1.99. The molecule has 1 aliphatic rings. The molecule has 2 aromatic rings. The van der Waals surface area contributed by atoms with E-state index in [0.717, 1.165) is 0 Å². The third-order valence-electron chi connectivity index (χ3n) is 6.06. The molecule has 12 heteroatoms. The summed E-state index contributed by atoms with van der Waals surface area (Å²) in [5.41, 5.74) is 0.696. The topological polar surface area (TPSA) is 196 Å². The average molecular weight is 537 g/mol. The standard InChI is InChI=1S/C26H32O12/c1-35-19-10-14(5-6-16(19)29)17(30)11-18(31)15-8-13(4-3-7-27)9-20(36-2)25(15)38-26-24(34)23(33)22(32)21(12-28)37-26/h3-6,8-10,18,21-24,26-29,31-34H,7,11-12H2,1-2H3/b4-3+/t18-,21+,22+,23-,24+,26-/m0/s1. The Morgan fingerprint density at radius 1 is 1.03 bits per heavy atom. The maximum atomic E-state index is 13.0. The normalized spacial score (nSPS) is 24.3. The first-order valence-electron chi connectivity index (χ1n) is 11.7. The summed E-state index contributed by atoms with van der Waals surface area (Å²) in [4.78, 5) is 13.0. The van der Waals surface area contributed by atoms with Gasteiger partial charge in [0.1, 0.15) is 24.4 Å². The molecular formula is C26H32O12. The molecule has 0 unspecified atom stereocenters. The van der Waals surface area contributed by atoms with E-state index in [9.17, 15) is 35.4 Å². The fourth-order valence-electron chi connectivity index (χ4n) is 3.99. The summed E-state index contributed by atoms with van der Waals surface area (Å²) in [6.07, 6.45) is -6.79. The fourth-order valence-corrected chi connectivity index (χ4v) is 3.99. The van der Waals surface area contributed by atoms with Crippen LogP contribution in [-0.4, -0.2) is 99.7 Å². The van der Waals surface area contributed by atoms with Gasteiger partial charge in [0.2, 0.25) is 6.29 Å². The highest BCUT2D eigenvalue weighted by atomic mass is 16.7. The van der Waals surface area contributed by atoms with E-state index in [1.807, 2.05) is 0 Å². The van der Waals surface area contributed by atoms with Crippen molar-refractivity contribution in [2.75, 3.05) is 27.4 Å². The van der Waals surface area contributed by atoms with Crippen LogP contribution in [0.5, 0.6) is 23.0 Å². The van der Waals surface area contributed by atoms with Crippen LogP contribution in [0.3, 0.4) is 0 Å². The number of aliphatic hydroxyl groups excluding tert-OH is 6. The van der Waals surface area contributed by atoms with E-state index in [4.69, 9.17) is 24.1 Å². The van der Waals surface area contributed by atoms with Crippen molar-refractivity contribution >= 4 is 11.9 Å². The van der Waals surface area contributed by atoms with Crippen molar-refractivity contribution in [3.63, 3.8) is 0 Å². The Kier molecular flexibility index (Phi) is 10.1. The van der Waals surface area contributed by atoms with Crippen LogP contribution in [0.25, 0.3) is 6.08 Å². The molecule has 0 bridgehead atoms. The third kappa shape index (κ3) is 6.42. The van der Waals surface area contributed by atoms with Crippen LogP contribution in [0.1, 0.15) is 34.0 Å². The summed E-state index contributed by atoms with van der Waals surface area (Å²) < 4.78 is 21.7. The first kappa shape index (κ1) is 29.3. The van der Waals surface area contributed by atoms with E-state index < -0.39 is 55.6 Å². The number of hydrogen-bond acceptors (Lipinski definition) is 12. The van der Waals surface area contributed by atoms with Gasteiger partial charge in [0.15, 0.2) is 28.8 Å². The summed E-state index contributed by atoms with van der Waals surface area (Å²) >= 11 is 0. The molecule has 0 saturated carbocycles. The number of phenolic OH excluding ortho intramolecular Hbond substituents is 1. The molecule has 6 atom stereocenters. The molecule has 2 aromatic carbocycles. The molecule has 0 radical (unpaired) electrons. The number of phenols is 1. The third-order valence-corrected chi connectivity index (χ3v) is 6.06. The summed E-state index contributed by atoms with van der Waals surface area (Å²) in [6.45, 7) is -0.933. The number of carbonyl (C=O) groups is 1. The van der Waals surface area contributed by atoms with E-state index >= 15 is 0 Å². The van der Waals surface area contributed by atoms with Crippen LogP contribution in [0, 0.1) is 0 Å². The van der Waals surface area contributed by atoms with Crippen molar-refractivity contribution in [2.45, 2.75) is 43.2 Å². The number of rotatable bonds is 11. The molecule has 12 nitrogen and oxygen atoms in total. The zero-order valence-electron chi connectivity index (χ0n) is 20.8. The van der Waals surface area contributed by atoms with Gasteiger partial charge in [0, 0.05) is 17.5 Å². The van der Waals surface area contributed by atoms with Crippen LogP contribution in [0.4, 0.5) is 0 Å². The predicted octanol–water partition coefficient (Wildman–Crippen LogP) is -0.100. The molecular weight excluding hydrogens is 504 g/mol. The second-order valence-electron chi connectivity index (χ2n) is 8.57. The van der Waals surface area contributed by atoms with Crippen molar-refractivity contribution in [1.29, 1.82) is 0 Å². The van der Waals surface area contributed by atoms with Crippen molar-refractivity contribution in [3.8, 4) is 23.0 Å². The van der Waals surface area contributed by atoms with Crippen molar-refractivity contribution < 1.29 is 59.5 Å². The second-order valence-corrected chi connectivity index (χ2v) is 8.57. The van der Waals surface area contributed by atoms with Gasteiger partial charge < -0.3 is 54.7 Å². The zero-order valence-corrected chi connectivity index (χ0v) is 20.8. The smallest absolute Gasteiger partial charge is 0.229 e. The number of ether oxygens (including phenoxy) is 4. The van der Waals surface area contributed by atoms with E-state index in [-0.39, 0.29) is 40.7 Å². The van der Waals surface area contributed by atoms with Crippen LogP contribution >= 0.6 is 0 Å². The van der Waals surface area contributed by atoms with Gasteiger partial charge in [-0.25, -0.2) is 0 Å². The lowest BCUT2D eigenvalue weighted by molar-refractivity contribution is -0.277. The van der Waals surface area contributed by atoms with Gasteiger partial charge in [0.25, 0.3) is 0 Å². The van der Waals surface area contributed by atoms with Gasteiger partial charge in [-0.3, -0.25) is 4.79 Å². The highest BCUT2D eigenvalue weighted by Gasteiger charge is 2.45. The molecule has 3 rings (SSSR count). The SMILES string of the molecule is COc1cc(C(=O)C[C@H](O)c2cc(/C=C/CO)cc(OC)c2O[C@@H]2O[C@H](CO)[C@@H](O)[C@H](O)[C@H]2O)ccc1O. The number of aromatic hydroxyl groups is 1. The Morgan fingerprint density at radius 2 is 1.74 bits per heavy atom. The highest BCUT2D eigenvalue weighted by molar-refractivity contribution is 5.97. The van der Waals surface area contributed by atoms with Crippen molar-refractivity contribution in [2.24, 2.45) is 0 Å². The molecule has 1 fully saturated rings. The molecule has 0 aromatic heterocycles. The zero-order chi connectivity index (χ0) is 28.0. The molecule has 0 spiro atoms. The molecule has 7 N–H and O–H groups in total. The van der Waals surface area contributed by atoms with Gasteiger partial charge in [0.05, 0.1) is 33.5 Å². The first-order chi connectivity index (χ1) is 18.1. The van der Waals surface area contributed by atoms with Crippen LogP contribution in [0.15, 0.2) is 36.4 Å². The number of aliphatic hydroxyl groups is 6. The predicted molar refractivity (Wildman–Crippen MR) is 132 cm³/mol. The Bertz CT molecular complexity index is 1130. The fraction of sp³-hybridized carbons (Fsp3) is 0.423. The molecule has 38 heavy (non-hydrogen) atoms. The van der Waals surface area contributed by atoms with Gasteiger partial charge in [-0.1, -0.05) is 12.2 Å². The minimum Gasteiger partial charge on any atom is -0.504 e. The summed E-state index contributed by atoms with van der Waals surface area (Å²) in [5, 5.41) is 70.2. The summed E-state index contributed by atoms with van der Waals surface area (Å²) in [7, 11) is 2.65. The number of carbonyl (C=O) groups excluding carboxylic acids is 1. The Labute approximate surface area is 218 Å². The quantitative estimate of drug-likeness (QED) is 0.189. The van der Waals surface area contributed by atoms with E-state index in [2.05, 4.69) is 0 Å². The van der Waals surface area contributed by atoms with Crippen molar-refractivity contribution in [3.05, 3.63) is 53.1 Å². The van der Waals surface area contributed by atoms with Gasteiger partial charge in [-0.05, 0) is 35.9 Å². The number of methoxy groups -OCH3 is 2. The van der Waals surface area contributed by atoms with E-state index in [1.165, 1.54) is 50.6 Å². The number of hydrogen-bond donors (Lipinski definition) is 7. The Morgan fingerprint density at radius 3 is 2.37 bits per heavy atom. The average Bonchev–Trinajstić information content (AvgIpc) is 2.92. The monoisotopic (exact) mass is 536 g/mol. The summed E-state index contributed by atoms with van der Waals surface area (Å²) in [6, 6.07) is 6.98. The van der Waals surface area contributed by atoms with Crippen LogP contribution < -0.4 is 14.2 Å². The number of benzene rings is 2.